The van der Waals surface area contributed by atoms with Gasteiger partial charge in [-0.3, -0.25) is 9.80 Å². The monoisotopic (exact) mass is 442 g/mol. The molecule has 2 aliphatic rings. The zero-order valence-electron chi connectivity index (χ0n) is 17.0. The fraction of sp³-hybridized carbons (Fsp3) is 0.455. The first-order valence-corrected chi connectivity index (χ1v) is 9.48. The van der Waals surface area contributed by atoms with Crippen molar-refractivity contribution >= 4 is 24.8 Å². The summed E-state index contributed by atoms with van der Waals surface area (Å²) in [5, 5.41) is 0. The van der Waals surface area contributed by atoms with Gasteiger partial charge in [-0.1, -0.05) is 18.2 Å². The first kappa shape index (κ1) is 23.7. The molecule has 160 valence electrons. The first-order valence-electron chi connectivity index (χ1n) is 9.48. The number of methoxy groups -OCH3 is 2. The van der Waals surface area contributed by atoms with Gasteiger partial charge in [0.15, 0.2) is 0 Å². The fourth-order valence-corrected chi connectivity index (χ4v) is 4.87. The SMILES string of the molecule is COc1ccc([C@@H]2[C@@H]3CN(Cc4ccc(F)cc4OC)C[C@@H]3CN2C)cc1.Cl.Cl. The van der Waals surface area contributed by atoms with Gasteiger partial charge in [-0.05, 0) is 42.6 Å². The molecular weight excluding hydrogens is 414 g/mol. The molecule has 29 heavy (non-hydrogen) atoms. The van der Waals surface area contributed by atoms with Crippen LogP contribution in [0.25, 0.3) is 0 Å². The van der Waals surface area contributed by atoms with E-state index in [4.69, 9.17) is 9.47 Å². The van der Waals surface area contributed by atoms with E-state index in [9.17, 15) is 4.39 Å². The predicted molar refractivity (Wildman–Crippen MR) is 118 cm³/mol. The van der Waals surface area contributed by atoms with Crippen LogP contribution in [0.3, 0.4) is 0 Å². The van der Waals surface area contributed by atoms with Crippen molar-refractivity contribution in [3.8, 4) is 11.5 Å². The lowest BCUT2D eigenvalue weighted by Gasteiger charge is -2.27. The molecule has 0 aromatic heterocycles. The maximum atomic E-state index is 13.5. The van der Waals surface area contributed by atoms with Crippen molar-refractivity contribution in [3.63, 3.8) is 0 Å². The van der Waals surface area contributed by atoms with Crippen LogP contribution in [0.4, 0.5) is 4.39 Å². The van der Waals surface area contributed by atoms with Crippen molar-refractivity contribution < 1.29 is 13.9 Å². The van der Waals surface area contributed by atoms with Gasteiger partial charge >= 0.3 is 0 Å². The van der Waals surface area contributed by atoms with Crippen molar-refractivity contribution in [2.45, 2.75) is 12.6 Å². The zero-order valence-corrected chi connectivity index (χ0v) is 18.6. The fourth-order valence-electron chi connectivity index (χ4n) is 4.87. The molecule has 4 rings (SSSR count). The highest BCUT2D eigenvalue weighted by molar-refractivity contribution is 5.85. The van der Waals surface area contributed by atoms with Crippen molar-refractivity contribution in [1.82, 2.24) is 9.80 Å². The van der Waals surface area contributed by atoms with Gasteiger partial charge in [0.25, 0.3) is 0 Å². The van der Waals surface area contributed by atoms with E-state index < -0.39 is 0 Å². The molecule has 0 spiro atoms. The molecule has 0 bridgehead atoms. The standard InChI is InChI=1S/C22H27FN2O2.2ClH/c1-24-11-17-13-25(12-16-4-7-18(23)10-21(16)27-3)14-20(17)22(24)15-5-8-19(26-2)9-6-15;;/h4-10,17,20,22H,11-14H2,1-3H3;2*1H/t17-,20+,22+;;/m0../s1. The van der Waals surface area contributed by atoms with E-state index in [1.807, 2.05) is 18.2 Å². The van der Waals surface area contributed by atoms with Gasteiger partial charge in [0.1, 0.15) is 17.3 Å². The predicted octanol–water partition coefficient (Wildman–Crippen LogP) is 4.42. The summed E-state index contributed by atoms with van der Waals surface area (Å²) in [7, 11) is 5.53. The number of benzene rings is 2. The van der Waals surface area contributed by atoms with Gasteiger partial charge in [-0.25, -0.2) is 4.39 Å². The van der Waals surface area contributed by atoms with Crippen molar-refractivity contribution in [2.24, 2.45) is 11.8 Å². The summed E-state index contributed by atoms with van der Waals surface area (Å²) in [5.74, 6) is 2.54. The third-order valence-corrected chi connectivity index (χ3v) is 6.07. The largest absolute Gasteiger partial charge is 0.497 e. The van der Waals surface area contributed by atoms with Gasteiger partial charge in [-0.15, -0.1) is 24.8 Å². The van der Waals surface area contributed by atoms with Crippen molar-refractivity contribution in [1.29, 1.82) is 0 Å². The number of ether oxygens (including phenoxy) is 2. The molecular formula is C22H29Cl2FN2O2. The number of likely N-dealkylation sites (tertiary alicyclic amines) is 2. The third kappa shape index (κ3) is 4.80. The van der Waals surface area contributed by atoms with Gasteiger partial charge in [0, 0.05) is 43.9 Å². The van der Waals surface area contributed by atoms with Gasteiger partial charge < -0.3 is 9.47 Å². The molecule has 7 heteroatoms. The maximum absolute atomic E-state index is 13.5. The number of halogens is 3. The summed E-state index contributed by atoms with van der Waals surface area (Å²) >= 11 is 0. The van der Waals surface area contributed by atoms with Crippen LogP contribution in [-0.4, -0.2) is 50.7 Å². The summed E-state index contributed by atoms with van der Waals surface area (Å²) in [6, 6.07) is 13.7. The minimum absolute atomic E-state index is 0. The van der Waals surface area contributed by atoms with Gasteiger partial charge in [0.2, 0.25) is 0 Å². The Morgan fingerprint density at radius 2 is 1.69 bits per heavy atom. The normalized spacial score (nSPS) is 23.8. The van der Waals surface area contributed by atoms with Crippen LogP contribution in [0.1, 0.15) is 17.2 Å². The third-order valence-electron chi connectivity index (χ3n) is 6.07. The lowest BCUT2D eigenvalue weighted by atomic mass is 9.89. The zero-order chi connectivity index (χ0) is 19.0. The summed E-state index contributed by atoms with van der Waals surface area (Å²) in [6.45, 7) is 4.03. The van der Waals surface area contributed by atoms with Crippen LogP contribution in [0.2, 0.25) is 0 Å². The summed E-state index contributed by atoms with van der Waals surface area (Å²) in [6.07, 6.45) is 0. The van der Waals surface area contributed by atoms with Crippen molar-refractivity contribution in [2.75, 3.05) is 40.9 Å². The maximum Gasteiger partial charge on any atom is 0.126 e. The van der Waals surface area contributed by atoms with E-state index in [1.165, 1.54) is 17.7 Å². The molecule has 0 radical (unpaired) electrons. The van der Waals surface area contributed by atoms with E-state index in [0.717, 1.165) is 37.5 Å². The lowest BCUT2D eigenvalue weighted by molar-refractivity contribution is 0.223. The van der Waals surface area contributed by atoms with Crippen LogP contribution in [0.15, 0.2) is 42.5 Å². The molecule has 0 aliphatic carbocycles. The topological polar surface area (TPSA) is 24.9 Å². The number of hydrogen-bond donors (Lipinski definition) is 0. The highest BCUT2D eigenvalue weighted by Gasteiger charge is 2.46. The molecule has 4 nitrogen and oxygen atoms in total. The Bertz CT molecular complexity index is 806. The minimum atomic E-state index is -0.255. The molecule has 2 aromatic rings. The van der Waals surface area contributed by atoms with E-state index in [1.54, 1.807) is 14.2 Å². The van der Waals surface area contributed by atoms with Gasteiger partial charge in [-0.2, -0.15) is 0 Å². The molecule has 2 aliphatic heterocycles. The Hall–Kier alpha value is -1.53. The molecule has 0 saturated carbocycles. The Kier molecular flexibility index (Phi) is 8.18. The molecule has 0 amide bonds. The average molecular weight is 443 g/mol. The molecule has 0 N–H and O–H groups in total. The van der Waals surface area contributed by atoms with E-state index in [-0.39, 0.29) is 30.6 Å². The molecule has 2 fully saturated rings. The summed E-state index contributed by atoms with van der Waals surface area (Å²) in [4.78, 5) is 4.96. The highest BCUT2D eigenvalue weighted by atomic mass is 35.5. The second kappa shape index (κ2) is 9.98. The van der Waals surface area contributed by atoms with Gasteiger partial charge in [0.05, 0.1) is 14.2 Å². The van der Waals surface area contributed by atoms with Crippen LogP contribution < -0.4 is 9.47 Å². The number of fused-ring (bicyclic) bond motifs is 1. The lowest BCUT2D eigenvalue weighted by Crippen LogP contribution is -2.29. The number of hydrogen-bond acceptors (Lipinski definition) is 4. The molecule has 2 heterocycles. The summed E-state index contributed by atoms with van der Waals surface area (Å²) < 4.78 is 24.1. The average Bonchev–Trinajstić information content (AvgIpc) is 3.19. The van der Waals surface area contributed by atoms with Crippen LogP contribution >= 0.6 is 24.8 Å². The van der Waals surface area contributed by atoms with Crippen LogP contribution in [-0.2, 0) is 6.54 Å². The van der Waals surface area contributed by atoms with E-state index in [2.05, 4.69) is 29.0 Å². The first-order chi connectivity index (χ1) is 13.1. The Labute approximate surface area is 184 Å². The van der Waals surface area contributed by atoms with Crippen LogP contribution in [0, 0.1) is 17.7 Å². The van der Waals surface area contributed by atoms with E-state index >= 15 is 0 Å². The Morgan fingerprint density at radius 1 is 0.966 bits per heavy atom. The van der Waals surface area contributed by atoms with E-state index in [0.29, 0.717) is 23.6 Å². The highest BCUT2D eigenvalue weighted by Crippen LogP contribution is 2.44. The Balaban J connectivity index is 0.00000150. The quantitative estimate of drug-likeness (QED) is 0.683. The van der Waals surface area contributed by atoms with Crippen LogP contribution in [0.5, 0.6) is 11.5 Å². The number of nitrogens with zero attached hydrogens (tertiary/aromatic N) is 2. The number of rotatable bonds is 5. The molecule has 3 atom stereocenters. The smallest absolute Gasteiger partial charge is 0.126 e. The molecule has 2 saturated heterocycles. The second-order valence-corrected chi connectivity index (χ2v) is 7.73. The van der Waals surface area contributed by atoms with Crippen molar-refractivity contribution in [3.05, 3.63) is 59.4 Å². The molecule has 0 unspecified atom stereocenters. The second-order valence-electron chi connectivity index (χ2n) is 7.73. The minimum Gasteiger partial charge on any atom is -0.497 e. The summed E-state index contributed by atoms with van der Waals surface area (Å²) in [5.41, 5.74) is 2.40. The molecule has 2 aromatic carbocycles. The Morgan fingerprint density at radius 3 is 2.34 bits per heavy atom.